The predicted molar refractivity (Wildman–Crippen MR) is 260 cm³/mol. The number of benzene rings is 8. The monoisotopic (exact) mass is 791 g/mol. The van der Waals surface area contributed by atoms with E-state index in [-0.39, 0.29) is 0 Å². The van der Waals surface area contributed by atoms with Crippen LogP contribution in [0.4, 0.5) is 0 Å². The molecular formula is C59H41N3. The van der Waals surface area contributed by atoms with Crippen molar-refractivity contribution >= 4 is 44.4 Å². The van der Waals surface area contributed by atoms with Gasteiger partial charge in [0.25, 0.3) is 0 Å². The quantitative estimate of drug-likeness (QED) is 0.158. The Bertz CT molecular complexity index is 3410. The molecule has 0 bridgehead atoms. The lowest BCUT2D eigenvalue weighted by molar-refractivity contribution is 0.898. The van der Waals surface area contributed by atoms with Crippen LogP contribution < -0.4 is 0 Å². The first-order chi connectivity index (χ1) is 30.7. The number of hydrogen-bond acceptors (Lipinski definition) is 1. The first kappa shape index (κ1) is 35.9. The second kappa shape index (κ2) is 14.9. The van der Waals surface area contributed by atoms with Crippen LogP contribution in [0.1, 0.15) is 23.2 Å². The van der Waals surface area contributed by atoms with Gasteiger partial charge in [-0.3, -0.25) is 0 Å². The molecule has 0 N–H and O–H groups in total. The topological polar surface area (TPSA) is 22.8 Å². The molecule has 0 saturated heterocycles. The van der Waals surface area contributed by atoms with Gasteiger partial charge in [0.05, 0.1) is 27.9 Å². The molecule has 0 aliphatic heterocycles. The zero-order valence-electron chi connectivity index (χ0n) is 34.1. The highest BCUT2D eigenvalue weighted by atomic mass is 15.0. The Kier molecular flexibility index (Phi) is 8.64. The highest BCUT2D eigenvalue weighted by Crippen LogP contribution is 2.41. The Morgan fingerprint density at radius 2 is 0.790 bits per heavy atom. The average Bonchev–Trinajstić information content (AvgIpc) is 3.87. The molecule has 3 heteroatoms. The minimum absolute atomic E-state index is 0.955. The molecule has 62 heavy (non-hydrogen) atoms. The summed E-state index contributed by atoms with van der Waals surface area (Å²) in [6.07, 6.45) is 4.38. The second-order valence-corrected chi connectivity index (χ2v) is 16.3. The Hall–Kier alpha value is -8.01. The summed E-state index contributed by atoms with van der Waals surface area (Å²) in [6, 6.07) is 78.8. The van der Waals surface area contributed by atoms with E-state index in [9.17, 15) is 0 Å². The van der Waals surface area contributed by atoms with Gasteiger partial charge in [-0.25, -0.2) is 4.98 Å². The standard InChI is InChI=1S/C59H41N3/c1-4-14-40(15-5-1)41-24-30-48(31-25-41)61-56-22-12-10-20-50(56)52-36-45(28-34-58(52)61)46-29-35-59-53(37-46)51-21-11-13-23-57(51)62(59)49-32-26-42(27-33-49)47-38-54(43-16-6-2-7-17-43)60-55(39-47)44-18-8-3-9-19-44/h1-28,30-34,36-39H,29,35H2. The van der Waals surface area contributed by atoms with E-state index in [4.69, 9.17) is 4.98 Å². The van der Waals surface area contributed by atoms with Gasteiger partial charge in [-0.1, -0.05) is 158 Å². The molecule has 0 unspecified atom stereocenters. The molecular weight excluding hydrogens is 751 g/mol. The third kappa shape index (κ3) is 6.17. The number of hydrogen-bond donors (Lipinski definition) is 0. The van der Waals surface area contributed by atoms with Crippen LogP contribution in [0.15, 0.2) is 218 Å². The van der Waals surface area contributed by atoms with Crippen LogP contribution in [0.5, 0.6) is 0 Å². The van der Waals surface area contributed by atoms with Crippen molar-refractivity contribution in [1.82, 2.24) is 14.1 Å². The van der Waals surface area contributed by atoms with Crippen LogP contribution in [0.2, 0.25) is 0 Å². The van der Waals surface area contributed by atoms with Crippen molar-refractivity contribution in [1.29, 1.82) is 0 Å². The molecule has 0 atom stereocenters. The maximum absolute atomic E-state index is 5.11. The Morgan fingerprint density at radius 3 is 1.42 bits per heavy atom. The van der Waals surface area contributed by atoms with Crippen molar-refractivity contribution in [3.05, 3.63) is 235 Å². The number of aromatic nitrogens is 3. The lowest BCUT2D eigenvalue weighted by atomic mass is 9.90. The van der Waals surface area contributed by atoms with Crippen LogP contribution >= 0.6 is 0 Å². The first-order valence-corrected chi connectivity index (χ1v) is 21.5. The maximum atomic E-state index is 5.11. The lowest BCUT2D eigenvalue weighted by Gasteiger charge is -2.18. The summed E-state index contributed by atoms with van der Waals surface area (Å²) in [6.45, 7) is 0. The van der Waals surface area contributed by atoms with Crippen LogP contribution in [-0.2, 0) is 6.42 Å². The van der Waals surface area contributed by atoms with Crippen molar-refractivity contribution in [2.75, 3.05) is 0 Å². The smallest absolute Gasteiger partial charge is 0.0715 e. The molecule has 0 spiro atoms. The van der Waals surface area contributed by atoms with Crippen molar-refractivity contribution < 1.29 is 0 Å². The Morgan fingerprint density at radius 1 is 0.323 bits per heavy atom. The van der Waals surface area contributed by atoms with E-state index in [2.05, 4.69) is 234 Å². The van der Waals surface area contributed by atoms with Crippen molar-refractivity contribution in [2.45, 2.75) is 12.8 Å². The molecule has 3 heterocycles. The lowest BCUT2D eigenvalue weighted by Crippen LogP contribution is -2.05. The van der Waals surface area contributed by atoms with Gasteiger partial charge < -0.3 is 9.13 Å². The molecule has 1 aliphatic carbocycles. The van der Waals surface area contributed by atoms with E-state index < -0.39 is 0 Å². The molecule has 0 saturated carbocycles. The molecule has 0 amide bonds. The fourth-order valence-electron chi connectivity index (χ4n) is 9.65. The van der Waals surface area contributed by atoms with Crippen molar-refractivity contribution in [2.24, 2.45) is 0 Å². The SMILES string of the molecule is C1=C(c2ccc3c(c2)c2ccccc2n3-c2ccc(-c3ccccc3)cc2)CCc2c1c1ccccc1n2-c1ccc(-c2cc(-c3ccccc3)nc(-c3ccccc3)c2)cc1. The number of rotatable bonds is 7. The summed E-state index contributed by atoms with van der Waals surface area (Å²) in [5.41, 5.74) is 20.3. The average molecular weight is 792 g/mol. The highest BCUT2D eigenvalue weighted by Gasteiger charge is 2.23. The van der Waals surface area contributed by atoms with Gasteiger partial charge >= 0.3 is 0 Å². The summed E-state index contributed by atoms with van der Waals surface area (Å²) in [7, 11) is 0. The molecule has 1 aliphatic rings. The normalized spacial score (nSPS) is 12.5. The Balaban J connectivity index is 0.913. The van der Waals surface area contributed by atoms with Gasteiger partial charge in [-0.2, -0.15) is 0 Å². The maximum Gasteiger partial charge on any atom is 0.0715 e. The number of para-hydroxylation sites is 2. The van der Waals surface area contributed by atoms with Crippen LogP contribution in [-0.4, -0.2) is 14.1 Å². The van der Waals surface area contributed by atoms with Gasteiger partial charge in [0.1, 0.15) is 0 Å². The third-order valence-electron chi connectivity index (χ3n) is 12.7. The van der Waals surface area contributed by atoms with Gasteiger partial charge in [0, 0.05) is 49.9 Å². The summed E-state index contributed by atoms with van der Waals surface area (Å²) in [5.74, 6) is 0. The van der Waals surface area contributed by atoms with Gasteiger partial charge in [0.15, 0.2) is 0 Å². The largest absolute Gasteiger partial charge is 0.313 e. The number of allylic oxidation sites excluding steroid dienone is 1. The zero-order chi connectivity index (χ0) is 41.0. The minimum Gasteiger partial charge on any atom is -0.313 e. The molecule has 0 radical (unpaired) electrons. The first-order valence-electron chi connectivity index (χ1n) is 21.5. The summed E-state index contributed by atoms with van der Waals surface area (Å²) >= 11 is 0. The number of nitrogens with zero attached hydrogens (tertiary/aromatic N) is 3. The van der Waals surface area contributed by atoms with Gasteiger partial charge in [0.2, 0.25) is 0 Å². The summed E-state index contributed by atoms with van der Waals surface area (Å²) < 4.78 is 4.90. The van der Waals surface area contributed by atoms with Gasteiger partial charge in [-0.15, -0.1) is 0 Å². The molecule has 12 rings (SSSR count). The van der Waals surface area contributed by atoms with Crippen LogP contribution in [0, 0.1) is 0 Å². The minimum atomic E-state index is 0.955. The van der Waals surface area contributed by atoms with E-state index in [1.54, 1.807) is 0 Å². The Labute approximate surface area is 361 Å². The molecule has 3 aromatic heterocycles. The fourth-order valence-corrected chi connectivity index (χ4v) is 9.65. The van der Waals surface area contributed by atoms with E-state index in [0.29, 0.717) is 0 Å². The number of fused-ring (bicyclic) bond motifs is 6. The molecule has 8 aromatic carbocycles. The van der Waals surface area contributed by atoms with E-state index in [1.807, 2.05) is 0 Å². The fraction of sp³-hybridized carbons (Fsp3) is 0.0339. The summed E-state index contributed by atoms with van der Waals surface area (Å²) in [5, 5.41) is 3.84. The van der Waals surface area contributed by atoms with Crippen molar-refractivity contribution in [3.63, 3.8) is 0 Å². The number of pyridine rings is 1. The molecule has 0 fully saturated rings. The summed E-state index contributed by atoms with van der Waals surface area (Å²) in [4.78, 5) is 5.11. The molecule has 11 aromatic rings. The molecule has 292 valence electrons. The third-order valence-corrected chi connectivity index (χ3v) is 12.7. The second-order valence-electron chi connectivity index (χ2n) is 16.3. The highest BCUT2D eigenvalue weighted by molar-refractivity contribution is 6.11. The zero-order valence-corrected chi connectivity index (χ0v) is 34.1. The molecule has 3 nitrogen and oxygen atoms in total. The van der Waals surface area contributed by atoms with E-state index >= 15 is 0 Å². The van der Waals surface area contributed by atoms with Gasteiger partial charge in [-0.05, 0) is 113 Å². The van der Waals surface area contributed by atoms with Crippen LogP contribution in [0.3, 0.4) is 0 Å². The van der Waals surface area contributed by atoms with E-state index in [0.717, 1.165) is 40.9 Å². The van der Waals surface area contributed by atoms with Crippen LogP contribution in [0.25, 0.3) is 101 Å². The van der Waals surface area contributed by atoms with Crippen molar-refractivity contribution in [3.8, 4) is 56.1 Å². The predicted octanol–water partition coefficient (Wildman–Crippen LogP) is 15.3. The van der Waals surface area contributed by atoms with E-state index in [1.165, 1.54) is 83.2 Å².